The van der Waals surface area contributed by atoms with Gasteiger partial charge in [0.25, 0.3) is 0 Å². The lowest BCUT2D eigenvalue weighted by molar-refractivity contribution is 0.0943. The van der Waals surface area contributed by atoms with Crippen LogP contribution in [0.25, 0.3) is 11.3 Å². The number of halogens is 1. The molecule has 3 aromatic rings. The SMILES string of the molecule is CC(C)(O)CNc1ncc(-c2ccnc(Nc3ccc(F)cc3)n2)c(CC2CC2)n1. The Labute approximate surface area is 174 Å². The van der Waals surface area contributed by atoms with E-state index in [1.54, 1.807) is 38.4 Å². The first-order valence-corrected chi connectivity index (χ1v) is 10.0. The Morgan fingerprint density at radius 3 is 2.53 bits per heavy atom. The Bertz CT molecular complexity index is 1010. The van der Waals surface area contributed by atoms with Gasteiger partial charge in [-0.05, 0) is 69.4 Å². The van der Waals surface area contributed by atoms with Crippen molar-refractivity contribution >= 4 is 17.6 Å². The maximum absolute atomic E-state index is 13.1. The molecule has 1 fully saturated rings. The van der Waals surface area contributed by atoms with E-state index < -0.39 is 5.60 Å². The van der Waals surface area contributed by atoms with Gasteiger partial charge in [-0.2, -0.15) is 0 Å². The summed E-state index contributed by atoms with van der Waals surface area (Å²) in [5, 5.41) is 16.1. The summed E-state index contributed by atoms with van der Waals surface area (Å²) in [4.78, 5) is 18.0. The Morgan fingerprint density at radius 2 is 1.83 bits per heavy atom. The van der Waals surface area contributed by atoms with Crippen LogP contribution in [0.2, 0.25) is 0 Å². The minimum absolute atomic E-state index is 0.296. The summed E-state index contributed by atoms with van der Waals surface area (Å²) in [6, 6.07) is 7.86. The molecule has 30 heavy (non-hydrogen) atoms. The molecular formula is C22H25FN6O. The van der Waals surface area contributed by atoms with Gasteiger partial charge in [-0.1, -0.05) is 0 Å². The molecule has 0 atom stereocenters. The van der Waals surface area contributed by atoms with E-state index in [0.29, 0.717) is 30.0 Å². The van der Waals surface area contributed by atoms with Crippen LogP contribution in [0.15, 0.2) is 42.7 Å². The number of rotatable bonds is 8. The second kappa shape index (κ2) is 8.31. The lowest BCUT2D eigenvalue weighted by Gasteiger charge is -2.18. The van der Waals surface area contributed by atoms with Crippen molar-refractivity contribution in [1.82, 2.24) is 19.9 Å². The average molecular weight is 408 g/mol. The van der Waals surface area contributed by atoms with Crippen molar-refractivity contribution in [2.24, 2.45) is 5.92 Å². The summed E-state index contributed by atoms with van der Waals surface area (Å²) in [5.74, 6) is 1.26. The van der Waals surface area contributed by atoms with Crippen molar-refractivity contribution in [1.29, 1.82) is 0 Å². The molecule has 156 valence electrons. The molecule has 7 nitrogen and oxygen atoms in total. The molecule has 2 aromatic heterocycles. The highest BCUT2D eigenvalue weighted by molar-refractivity contribution is 5.64. The van der Waals surface area contributed by atoms with Gasteiger partial charge in [0.1, 0.15) is 5.82 Å². The number of hydrogen-bond donors (Lipinski definition) is 3. The third-order valence-corrected chi connectivity index (χ3v) is 4.76. The van der Waals surface area contributed by atoms with Crippen LogP contribution in [-0.2, 0) is 6.42 Å². The van der Waals surface area contributed by atoms with Crippen LogP contribution in [0.4, 0.5) is 22.0 Å². The standard InChI is InChI=1S/C22H25FN6O/c1-22(2,30)13-26-20-25-12-17(19(29-20)11-14-3-4-14)18-9-10-24-21(28-18)27-16-7-5-15(23)6-8-16/h5-10,12,14,30H,3-4,11,13H2,1-2H3,(H,24,27,28)(H,25,26,29). The van der Waals surface area contributed by atoms with Crippen molar-refractivity contribution in [2.45, 2.75) is 38.7 Å². The number of benzene rings is 1. The molecule has 0 amide bonds. The maximum Gasteiger partial charge on any atom is 0.227 e. The molecule has 8 heteroatoms. The summed E-state index contributed by atoms with van der Waals surface area (Å²) >= 11 is 0. The van der Waals surface area contributed by atoms with E-state index in [0.717, 1.165) is 23.4 Å². The first kappa shape index (κ1) is 20.2. The highest BCUT2D eigenvalue weighted by Crippen LogP contribution is 2.35. The number of nitrogens with one attached hydrogen (secondary N) is 2. The van der Waals surface area contributed by atoms with E-state index in [1.807, 2.05) is 6.07 Å². The quantitative estimate of drug-likeness (QED) is 0.519. The molecule has 1 aliphatic carbocycles. The molecule has 0 spiro atoms. The molecule has 0 saturated heterocycles. The van der Waals surface area contributed by atoms with Crippen molar-refractivity contribution in [3.63, 3.8) is 0 Å². The summed E-state index contributed by atoms with van der Waals surface area (Å²) in [6.45, 7) is 3.82. The number of hydrogen-bond acceptors (Lipinski definition) is 7. The molecule has 2 heterocycles. The summed E-state index contributed by atoms with van der Waals surface area (Å²) in [6.07, 6.45) is 6.71. The van der Waals surface area contributed by atoms with Crippen LogP contribution in [0.3, 0.4) is 0 Å². The van der Waals surface area contributed by atoms with Gasteiger partial charge in [-0.3, -0.25) is 0 Å². The minimum Gasteiger partial charge on any atom is -0.389 e. The Hall–Kier alpha value is -3.13. The topological polar surface area (TPSA) is 95.8 Å². The van der Waals surface area contributed by atoms with Crippen LogP contribution < -0.4 is 10.6 Å². The van der Waals surface area contributed by atoms with Gasteiger partial charge < -0.3 is 15.7 Å². The van der Waals surface area contributed by atoms with Gasteiger partial charge in [0.15, 0.2) is 0 Å². The van der Waals surface area contributed by atoms with E-state index in [2.05, 4.69) is 25.6 Å². The zero-order valence-electron chi connectivity index (χ0n) is 17.1. The monoisotopic (exact) mass is 408 g/mol. The van der Waals surface area contributed by atoms with Crippen LogP contribution >= 0.6 is 0 Å². The van der Waals surface area contributed by atoms with Crippen molar-refractivity contribution < 1.29 is 9.50 Å². The number of nitrogens with zero attached hydrogens (tertiary/aromatic N) is 4. The first-order chi connectivity index (χ1) is 14.4. The molecule has 1 aliphatic rings. The van der Waals surface area contributed by atoms with Crippen molar-refractivity contribution in [2.75, 3.05) is 17.2 Å². The van der Waals surface area contributed by atoms with Gasteiger partial charge in [0.05, 0.1) is 17.0 Å². The lowest BCUT2D eigenvalue weighted by Crippen LogP contribution is -2.30. The second-order valence-corrected chi connectivity index (χ2v) is 8.26. The normalized spacial score (nSPS) is 13.9. The molecule has 0 unspecified atom stereocenters. The molecule has 1 saturated carbocycles. The largest absolute Gasteiger partial charge is 0.389 e. The highest BCUT2D eigenvalue weighted by atomic mass is 19.1. The summed E-state index contributed by atoms with van der Waals surface area (Å²) < 4.78 is 13.1. The van der Waals surface area contributed by atoms with Crippen LogP contribution in [-0.4, -0.2) is 37.2 Å². The number of aromatic nitrogens is 4. The fraction of sp³-hybridized carbons (Fsp3) is 0.364. The third kappa shape index (κ3) is 5.48. The molecule has 0 aliphatic heterocycles. The Kier molecular flexibility index (Phi) is 5.59. The van der Waals surface area contributed by atoms with Gasteiger partial charge in [0, 0.05) is 30.2 Å². The lowest BCUT2D eigenvalue weighted by atomic mass is 10.1. The summed E-state index contributed by atoms with van der Waals surface area (Å²) in [5.41, 5.74) is 2.36. The van der Waals surface area contributed by atoms with Gasteiger partial charge in [-0.15, -0.1) is 0 Å². The third-order valence-electron chi connectivity index (χ3n) is 4.76. The fourth-order valence-corrected chi connectivity index (χ4v) is 2.99. The van der Waals surface area contributed by atoms with E-state index in [4.69, 9.17) is 4.98 Å². The molecule has 3 N–H and O–H groups in total. The highest BCUT2D eigenvalue weighted by Gasteiger charge is 2.25. The zero-order chi connectivity index (χ0) is 21.1. The Morgan fingerprint density at radius 1 is 1.07 bits per heavy atom. The molecule has 0 bridgehead atoms. The average Bonchev–Trinajstić information content (AvgIpc) is 3.52. The molecule has 1 aromatic carbocycles. The van der Waals surface area contributed by atoms with E-state index in [9.17, 15) is 9.50 Å². The van der Waals surface area contributed by atoms with Gasteiger partial charge >= 0.3 is 0 Å². The predicted molar refractivity (Wildman–Crippen MR) is 114 cm³/mol. The van der Waals surface area contributed by atoms with Crippen molar-refractivity contribution in [3.05, 3.63) is 54.2 Å². The molecular weight excluding hydrogens is 383 g/mol. The second-order valence-electron chi connectivity index (χ2n) is 8.26. The van der Waals surface area contributed by atoms with E-state index in [-0.39, 0.29) is 5.82 Å². The zero-order valence-corrected chi connectivity index (χ0v) is 17.1. The van der Waals surface area contributed by atoms with Crippen LogP contribution in [0.5, 0.6) is 0 Å². The smallest absolute Gasteiger partial charge is 0.227 e. The van der Waals surface area contributed by atoms with E-state index in [1.165, 1.54) is 25.0 Å². The minimum atomic E-state index is -0.855. The predicted octanol–water partition coefficient (Wildman–Crippen LogP) is 3.95. The summed E-state index contributed by atoms with van der Waals surface area (Å²) in [7, 11) is 0. The molecule has 0 radical (unpaired) electrons. The first-order valence-electron chi connectivity index (χ1n) is 10.0. The number of anilines is 3. The van der Waals surface area contributed by atoms with Crippen LogP contribution in [0.1, 0.15) is 32.4 Å². The van der Waals surface area contributed by atoms with Gasteiger partial charge in [-0.25, -0.2) is 24.3 Å². The number of aliphatic hydroxyl groups is 1. The van der Waals surface area contributed by atoms with Gasteiger partial charge in [0.2, 0.25) is 11.9 Å². The van der Waals surface area contributed by atoms with Crippen molar-refractivity contribution in [3.8, 4) is 11.3 Å². The van der Waals surface area contributed by atoms with E-state index >= 15 is 0 Å². The fourth-order valence-electron chi connectivity index (χ4n) is 2.99. The Balaban J connectivity index is 1.59. The molecule has 4 rings (SSSR count). The van der Waals surface area contributed by atoms with Crippen LogP contribution in [0, 0.1) is 11.7 Å². The maximum atomic E-state index is 13.1.